The Bertz CT molecular complexity index is 853. The Balaban J connectivity index is 2.29. The van der Waals surface area contributed by atoms with Crippen LogP contribution in [0.1, 0.15) is 40.5 Å². The number of aliphatic hydroxyl groups is 1. The van der Waals surface area contributed by atoms with Gasteiger partial charge < -0.3 is 9.53 Å². The molecule has 1 atom stereocenters. The summed E-state index contributed by atoms with van der Waals surface area (Å²) in [6.07, 6.45) is 2.51. The fourth-order valence-electron chi connectivity index (χ4n) is 3.79. The summed E-state index contributed by atoms with van der Waals surface area (Å²) < 4.78 is 6.84. The maximum Gasteiger partial charge on any atom is 0.261 e. The summed E-state index contributed by atoms with van der Waals surface area (Å²) in [5, 5.41) is 21.3. The normalized spacial score (nSPS) is 13.5. The third-order valence-corrected chi connectivity index (χ3v) is 10.5. The van der Waals surface area contributed by atoms with Crippen LogP contribution in [-0.4, -0.2) is 26.1 Å². The van der Waals surface area contributed by atoms with Crippen LogP contribution in [0.2, 0.25) is 5.04 Å². The molecule has 0 aliphatic heterocycles. The van der Waals surface area contributed by atoms with Gasteiger partial charge in [0, 0.05) is 0 Å². The van der Waals surface area contributed by atoms with Crippen LogP contribution in [0.4, 0.5) is 0 Å². The predicted octanol–water partition coefficient (Wildman–Crippen LogP) is 4.73. The number of nitrogens with zero attached hydrogens (tertiary/aromatic N) is 1. The molecule has 1 N–H and O–H groups in total. The van der Waals surface area contributed by atoms with Gasteiger partial charge in [-0.1, -0.05) is 99.7 Å². The van der Waals surface area contributed by atoms with E-state index >= 15 is 0 Å². The summed E-state index contributed by atoms with van der Waals surface area (Å²) in [6.45, 7) is 12.9. The molecule has 0 saturated carbocycles. The Hall–Kier alpha value is -2.45. The van der Waals surface area contributed by atoms with E-state index in [1.54, 1.807) is 0 Å². The lowest BCUT2D eigenvalue weighted by atomic mass is 10.0. The molecular weight excluding hydrogens is 386 g/mol. The van der Waals surface area contributed by atoms with Gasteiger partial charge in [0.25, 0.3) is 8.32 Å². The van der Waals surface area contributed by atoms with E-state index in [4.69, 9.17) is 9.69 Å². The third-order valence-electron chi connectivity index (χ3n) is 5.51. The number of hydrogen-bond acceptors (Lipinski definition) is 3. The van der Waals surface area contributed by atoms with Crippen molar-refractivity contribution in [2.75, 3.05) is 6.61 Å². The van der Waals surface area contributed by atoms with Crippen LogP contribution in [0.3, 0.4) is 0 Å². The van der Waals surface area contributed by atoms with Gasteiger partial charge >= 0.3 is 0 Å². The first-order chi connectivity index (χ1) is 14.2. The molecule has 1 unspecified atom stereocenters. The van der Waals surface area contributed by atoms with Gasteiger partial charge in [0.1, 0.15) is 0 Å². The molecule has 0 aliphatic carbocycles. The number of nitriles is 1. The van der Waals surface area contributed by atoms with Crippen molar-refractivity contribution in [2.45, 2.75) is 51.7 Å². The van der Waals surface area contributed by atoms with Gasteiger partial charge in [0.05, 0.1) is 24.4 Å². The van der Waals surface area contributed by atoms with Crippen LogP contribution < -0.4 is 10.4 Å². The Morgan fingerprint density at radius 1 is 1.10 bits per heavy atom. The molecule has 3 nitrogen and oxygen atoms in total. The highest BCUT2D eigenvalue weighted by Gasteiger charge is 2.49. The van der Waals surface area contributed by atoms with Crippen molar-refractivity contribution in [2.24, 2.45) is 0 Å². The van der Waals surface area contributed by atoms with Crippen LogP contribution in [0.25, 0.3) is 0 Å². The third kappa shape index (κ3) is 5.57. The smallest absolute Gasteiger partial charge is 0.261 e. The van der Waals surface area contributed by atoms with E-state index < -0.39 is 14.4 Å². The summed E-state index contributed by atoms with van der Waals surface area (Å²) in [5.41, 5.74) is 1.35. The highest BCUT2D eigenvalue weighted by Crippen LogP contribution is 2.36. The fourth-order valence-corrected chi connectivity index (χ4v) is 8.27. The lowest BCUT2D eigenvalue weighted by Crippen LogP contribution is -2.66. The largest absolute Gasteiger partial charge is 0.404 e. The Kier molecular flexibility index (Phi) is 8.37. The van der Waals surface area contributed by atoms with Crippen LogP contribution in [0.5, 0.6) is 0 Å². The number of benzene rings is 2. The van der Waals surface area contributed by atoms with Crippen molar-refractivity contribution >= 4 is 18.7 Å². The quantitative estimate of drug-likeness (QED) is 0.363. The maximum absolute atomic E-state index is 9.95. The lowest BCUT2D eigenvalue weighted by molar-refractivity contribution is 0.205. The predicted molar refractivity (Wildman–Crippen MR) is 127 cm³/mol. The molecule has 158 valence electrons. The second kappa shape index (κ2) is 10.5. The van der Waals surface area contributed by atoms with E-state index in [0.29, 0.717) is 19.4 Å². The van der Waals surface area contributed by atoms with Gasteiger partial charge in [-0.15, -0.1) is 0 Å². The highest BCUT2D eigenvalue weighted by atomic mass is 28.4. The van der Waals surface area contributed by atoms with Gasteiger partial charge in [-0.2, -0.15) is 5.26 Å². The van der Waals surface area contributed by atoms with Crippen LogP contribution >= 0.6 is 0 Å². The van der Waals surface area contributed by atoms with E-state index in [9.17, 15) is 5.11 Å². The van der Waals surface area contributed by atoms with Crippen LogP contribution in [0.15, 0.2) is 84.5 Å². The zero-order chi connectivity index (χ0) is 22.2. The van der Waals surface area contributed by atoms with Crippen molar-refractivity contribution in [3.8, 4) is 6.07 Å². The first kappa shape index (κ1) is 23.8. The first-order valence-corrected chi connectivity index (χ1v) is 12.3. The number of rotatable bonds is 9. The summed E-state index contributed by atoms with van der Waals surface area (Å²) in [4.78, 5) is 0. The first-order valence-electron chi connectivity index (χ1n) is 10.4. The second-order valence-electron chi connectivity index (χ2n) is 8.72. The van der Waals surface area contributed by atoms with Crippen molar-refractivity contribution in [3.63, 3.8) is 0 Å². The van der Waals surface area contributed by atoms with Crippen molar-refractivity contribution in [1.29, 1.82) is 5.26 Å². The monoisotopic (exact) mass is 419 g/mol. The minimum absolute atomic E-state index is 0.0574. The van der Waals surface area contributed by atoms with E-state index in [0.717, 1.165) is 5.57 Å². The average molecular weight is 420 g/mol. The Morgan fingerprint density at radius 2 is 1.60 bits per heavy atom. The van der Waals surface area contributed by atoms with Gasteiger partial charge in [-0.25, -0.2) is 0 Å². The fraction of sp³-hybridized carbons (Fsp3) is 0.346. The molecule has 4 heteroatoms. The number of aliphatic hydroxyl groups excluding tert-OH is 1. The maximum atomic E-state index is 9.95. The molecule has 0 heterocycles. The van der Waals surface area contributed by atoms with E-state index in [-0.39, 0.29) is 10.6 Å². The molecule has 2 aromatic carbocycles. The molecule has 2 aromatic rings. The topological polar surface area (TPSA) is 53.2 Å². The zero-order valence-electron chi connectivity index (χ0n) is 18.6. The molecule has 0 fully saturated rings. The van der Waals surface area contributed by atoms with Gasteiger partial charge in [-0.3, -0.25) is 0 Å². The molecule has 0 bridgehead atoms. The molecule has 2 rings (SSSR count). The summed E-state index contributed by atoms with van der Waals surface area (Å²) in [7, 11) is -2.54. The summed E-state index contributed by atoms with van der Waals surface area (Å²) in [5.74, 6) is 0. The molecule has 0 radical (unpaired) electrons. The number of allylic oxidation sites excluding steroid dienone is 1. The van der Waals surface area contributed by atoms with Crippen molar-refractivity contribution in [1.82, 2.24) is 0 Å². The summed E-state index contributed by atoms with van der Waals surface area (Å²) in [6, 6.07) is 23.1. The zero-order valence-corrected chi connectivity index (χ0v) is 19.6. The Labute approximate surface area is 182 Å². The summed E-state index contributed by atoms with van der Waals surface area (Å²) >= 11 is 0. The standard InChI is InChI=1S/C26H33NO2Si/c1-21(16-17-25(28)22(2)20-27)18-19-29-30(26(3,4)5,23-12-8-6-9-13-23)24-14-10-7-11-15-24/h6-15,18,25,28H,2,16-17,19H2,1,3-5H3/b21-18+. The molecule has 0 saturated heterocycles. The number of hydrogen-bond donors (Lipinski definition) is 1. The molecule has 0 amide bonds. The van der Waals surface area contributed by atoms with E-state index in [1.165, 1.54) is 10.4 Å². The van der Waals surface area contributed by atoms with Crippen molar-refractivity contribution < 1.29 is 9.53 Å². The SMILES string of the molecule is C=C(C#N)C(O)CC/C(C)=C/CO[Si](c1ccccc1)(c1ccccc1)C(C)(C)C. The lowest BCUT2D eigenvalue weighted by Gasteiger charge is -2.42. The average Bonchev–Trinajstić information content (AvgIpc) is 2.74. The molecule has 0 aliphatic rings. The van der Waals surface area contributed by atoms with Gasteiger partial charge in [-0.05, 0) is 35.2 Å². The van der Waals surface area contributed by atoms with Crippen LogP contribution in [-0.2, 0) is 4.43 Å². The second-order valence-corrected chi connectivity index (χ2v) is 13.0. The molecule has 0 spiro atoms. The Morgan fingerprint density at radius 3 is 2.03 bits per heavy atom. The van der Waals surface area contributed by atoms with Crippen LogP contribution in [0, 0.1) is 11.3 Å². The van der Waals surface area contributed by atoms with Crippen molar-refractivity contribution in [3.05, 3.63) is 84.5 Å². The van der Waals surface area contributed by atoms with E-state index in [2.05, 4.69) is 82.0 Å². The van der Waals surface area contributed by atoms with Gasteiger partial charge in [0.2, 0.25) is 0 Å². The minimum Gasteiger partial charge on any atom is -0.404 e. The molecular formula is C26H33NO2Si. The molecule has 30 heavy (non-hydrogen) atoms. The van der Waals surface area contributed by atoms with Gasteiger partial charge in [0.15, 0.2) is 0 Å². The highest BCUT2D eigenvalue weighted by molar-refractivity contribution is 6.99. The molecule has 0 aromatic heterocycles. The van der Waals surface area contributed by atoms with E-state index in [1.807, 2.05) is 25.1 Å². The minimum atomic E-state index is -2.54.